The molecule has 1 rings (SSSR count). The number of nitrogens with two attached hydrogens (primary N) is 1. The van der Waals surface area contributed by atoms with Crippen molar-refractivity contribution in [3.8, 4) is 0 Å². The summed E-state index contributed by atoms with van der Waals surface area (Å²) in [5.74, 6) is 0. The van der Waals surface area contributed by atoms with Crippen LogP contribution in [0.25, 0.3) is 0 Å². The lowest BCUT2D eigenvalue weighted by Gasteiger charge is -2.08. The molecule has 3 heteroatoms. The number of para-hydroxylation sites is 1. The van der Waals surface area contributed by atoms with Crippen LogP contribution in [0.5, 0.6) is 0 Å². The van der Waals surface area contributed by atoms with E-state index in [9.17, 15) is 0 Å². The first kappa shape index (κ1) is 9.00. The number of hydrogen-bond acceptors (Lipinski definition) is 2. The maximum absolute atomic E-state index is 5.54. The largest absolute Gasteiger partial charge is 0.389 e. The third-order valence-corrected chi connectivity index (χ3v) is 1.78. The minimum atomic E-state index is 0.437. The van der Waals surface area contributed by atoms with Gasteiger partial charge >= 0.3 is 0 Å². The Morgan fingerprint density at radius 3 is 2.75 bits per heavy atom. The summed E-state index contributed by atoms with van der Waals surface area (Å²) in [6.45, 7) is 2.91. The Morgan fingerprint density at radius 2 is 2.17 bits per heavy atom. The van der Waals surface area contributed by atoms with E-state index in [1.165, 1.54) is 0 Å². The van der Waals surface area contributed by atoms with E-state index in [-0.39, 0.29) is 0 Å². The first-order valence-electron chi connectivity index (χ1n) is 3.88. The van der Waals surface area contributed by atoms with E-state index in [4.69, 9.17) is 18.0 Å². The van der Waals surface area contributed by atoms with E-state index < -0.39 is 0 Å². The van der Waals surface area contributed by atoms with Gasteiger partial charge in [0.2, 0.25) is 0 Å². The minimum absolute atomic E-state index is 0.437. The molecule has 0 saturated carbocycles. The number of nitrogens with one attached hydrogen (secondary N) is 1. The zero-order valence-corrected chi connectivity index (χ0v) is 7.82. The summed E-state index contributed by atoms with van der Waals surface area (Å²) in [6.07, 6.45) is 0. The van der Waals surface area contributed by atoms with Gasteiger partial charge in [0.25, 0.3) is 0 Å². The first-order chi connectivity index (χ1) is 5.75. The molecule has 0 aliphatic heterocycles. The van der Waals surface area contributed by atoms with Crippen LogP contribution < -0.4 is 11.1 Å². The van der Waals surface area contributed by atoms with Gasteiger partial charge in [-0.1, -0.05) is 24.4 Å². The van der Waals surface area contributed by atoms with Gasteiger partial charge < -0.3 is 11.1 Å². The molecule has 2 nitrogen and oxygen atoms in total. The lowest BCUT2D eigenvalue weighted by atomic mass is 10.2. The molecule has 0 aliphatic rings. The fraction of sp³-hybridized carbons (Fsp3) is 0.222. The molecule has 0 bridgehead atoms. The van der Waals surface area contributed by atoms with Crippen molar-refractivity contribution in [2.75, 3.05) is 11.9 Å². The molecule has 0 amide bonds. The molecule has 0 radical (unpaired) electrons. The van der Waals surface area contributed by atoms with Crippen molar-refractivity contribution in [2.45, 2.75) is 6.92 Å². The van der Waals surface area contributed by atoms with Crippen molar-refractivity contribution in [3.05, 3.63) is 29.8 Å². The van der Waals surface area contributed by atoms with Crippen LogP contribution in [0.4, 0.5) is 5.69 Å². The van der Waals surface area contributed by atoms with Gasteiger partial charge in [-0.25, -0.2) is 0 Å². The first-order valence-corrected chi connectivity index (χ1v) is 4.29. The molecule has 3 N–H and O–H groups in total. The second kappa shape index (κ2) is 4.07. The molecule has 0 fully saturated rings. The highest BCUT2D eigenvalue weighted by Crippen LogP contribution is 2.13. The molecule has 0 unspecified atom stereocenters. The summed E-state index contributed by atoms with van der Waals surface area (Å²) in [7, 11) is 0. The molecular formula is C9H12N2S. The number of hydrogen-bond donors (Lipinski definition) is 2. The van der Waals surface area contributed by atoms with E-state index in [1.54, 1.807) is 0 Å². The van der Waals surface area contributed by atoms with Crippen LogP contribution in [-0.2, 0) is 0 Å². The lowest BCUT2D eigenvalue weighted by Crippen LogP contribution is -2.12. The second-order valence-corrected chi connectivity index (χ2v) is 2.88. The van der Waals surface area contributed by atoms with E-state index in [0.717, 1.165) is 17.8 Å². The van der Waals surface area contributed by atoms with Gasteiger partial charge in [0.15, 0.2) is 0 Å². The van der Waals surface area contributed by atoms with Gasteiger partial charge in [-0.05, 0) is 19.1 Å². The van der Waals surface area contributed by atoms with Crippen molar-refractivity contribution < 1.29 is 0 Å². The normalized spacial score (nSPS) is 9.42. The third kappa shape index (κ3) is 1.95. The summed E-state index contributed by atoms with van der Waals surface area (Å²) in [5, 5.41) is 3.19. The fourth-order valence-electron chi connectivity index (χ4n) is 1.04. The lowest BCUT2D eigenvalue weighted by molar-refractivity contribution is 1.21. The van der Waals surface area contributed by atoms with Gasteiger partial charge in [0, 0.05) is 17.8 Å². The van der Waals surface area contributed by atoms with Crippen LogP contribution >= 0.6 is 12.2 Å². The van der Waals surface area contributed by atoms with E-state index >= 15 is 0 Å². The molecule has 0 atom stereocenters. The Kier molecular flexibility index (Phi) is 3.05. The predicted octanol–water partition coefficient (Wildman–Crippen LogP) is 1.75. The average molecular weight is 180 g/mol. The topological polar surface area (TPSA) is 38.0 Å². The van der Waals surface area contributed by atoms with E-state index in [0.29, 0.717) is 4.99 Å². The maximum atomic E-state index is 5.54. The van der Waals surface area contributed by atoms with Gasteiger partial charge in [-0.3, -0.25) is 0 Å². The van der Waals surface area contributed by atoms with E-state index in [1.807, 2.05) is 31.2 Å². The molecule has 1 aromatic carbocycles. The van der Waals surface area contributed by atoms with Crippen molar-refractivity contribution in [2.24, 2.45) is 5.73 Å². The van der Waals surface area contributed by atoms with Crippen LogP contribution in [0.3, 0.4) is 0 Å². The summed E-state index contributed by atoms with van der Waals surface area (Å²) in [5.41, 5.74) is 7.45. The van der Waals surface area contributed by atoms with Crippen molar-refractivity contribution in [1.29, 1.82) is 0 Å². The van der Waals surface area contributed by atoms with Crippen LogP contribution in [0.2, 0.25) is 0 Å². The Balaban J connectivity index is 3.00. The Hall–Kier alpha value is -1.09. The quantitative estimate of drug-likeness (QED) is 0.696. The summed E-state index contributed by atoms with van der Waals surface area (Å²) < 4.78 is 0. The summed E-state index contributed by atoms with van der Waals surface area (Å²) >= 11 is 4.90. The molecule has 0 aromatic heterocycles. The number of anilines is 1. The standard InChI is InChI=1S/C9H12N2S/c1-2-11-8-6-4-3-5-7(8)9(10)12/h3-6,11H,2H2,1H3,(H2,10,12). The number of benzene rings is 1. The van der Waals surface area contributed by atoms with Crippen molar-refractivity contribution >= 4 is 22.9 Å². The van der Waals surface area contributed by atoms with Crippen LogP contribution in [0, 0.1) is 0 Å². The number of rotatable bonds is 3. The molecule has 12 heavy (non-hydrogen) atoms. The van der Waals surface area contributed by atoms with Gasteiger partial charge in [0.1, 0.15) is 4.99 Å². The Labute approximate surface area is 77.8 Å². The van der Waals surface area contributed by atoms with Gasteiger partial charge in [0.05, 0.1) is 0 Å². The van der Waals surface area contributed by atoms with Crippen molar-refractivity contribution in [1.82, 2.24) is 0 Å². The zero-order valence-electron chi connectivity index (χ0n) is 7.00. The van der Waals surface area contributed by atoms with Crippen LogP contribution in [-0.4, -0.2) is 11.5 Å². The van der Waals surface area contributed by atoms with Crippen LogP contribution in [0.15, 0.2) is 24.3 Å². The molecular weight excluding hydrogens is 168 g/mol. The molecule has 64 valence electrons. The SMILES string of the molecule is CCNc1ccccc1C(N)=S. The smallest absolute Gasteiger partial charge is 0.106 e. The highest BCUT2D eigenvalue weighted by molar-refractivity contribution is 7.80. The minimum Gasteiger partial charge on any atom is -0.389 e. The molecule has 0 heterocycles. The fourth-order valence-corrected chi connectivity index (χ4v) is 1.22. The monoisotopic (exact) mass is 180 g/mol. The third-order valence-electron chi connectivity index (χ3n) is 1.56. The Morgan fingerprint density at radius 1 is 1.50 bits per heavy atom. The molecule has 0 spiro atoms. The second-order valence-electron chi connectivity index (χ2n) is 2.44. The summed E-state index contributed by atoms with van der Waals surface area (Å²) in [6, 6.07) is 7.77. The Bertz CT molecular complexity index is 284. The molecule has 0 saturated heterocycles. The van der Waals surface area contributed by atoms with Crippen molar-refractivity contribution in [3.63, 3.8) is 0 Å². The molecule has 1 aromatic rings. The zero-order chi connectivity index (χ0) is 8.97. The average Bonchev–Trinajstić information content (AvgIpc) is 2.05. The van der Waals surface area contributed by atoms with Crippen LogP contribution in [0.1, 0.15) is 12.5 Å². The van der Waals surface area contributed by atoms with E-state index in [2.05, 4.69) is 5.32 Å². The molecule has 0 aliphatic carbocycles. The number of thiocarbonyl (C=S) groups is 1. The maximum Gasteiger partial charge on any atom is 0.106 e. The van der Waals surface area contributed by atoms with Gasteiger partial charge in [-0.2, -0.15) is 0 Å². The summed E-state index contributed by atoms with van der Waals surface area (Å²) in [4.78, 5) is 0.437. The highest BCUT2D eigenvalue weighted by Gasteiger charge is 2.01. The van der Waals surface area contributed by atoms with Gasteiger partial charge in [-0.15, -0.1) is 0 Å². The predicted molar refractivity (Wildman–Crippen MR) is 56.5 cm³/mol. The highest BCUT2D eigenvalue weighted by atomic mass is 32.1.